The second-order valence-corrected chi connectivity index (χ2v) is 4.04. The second-order valence-electron chi connectivity index (χ2n) is 4.04. The van der Waals surface area contributed by atoms with Crippen molar-refractivity contribution in [2.45, 2.75) is 26.4 Å². The van der Waals surface area contributed by atoms with Crippen molar-refractivity contribution in [1.29, 1.82) is 0 Å². The van der Waals surface area contributed by atoms with E-state index in [4.69, 9.17) is 5.11 Å². The third-order valence-electron chi connectivity index (χ3n) is 2.65. The van der Waals surface area contributed by atoms with Crippen LogP contribution in [0, 0.1) is 0 Å². The average molecular weight is 261 g/mol. The molecule has 0 spiro atoms. The van der Waals surface area contributed by atoms with Crippen LogP contribution in [-0.4, -0.2) is 31.3 Å². The molecule has 2 aromatic rings. The molecule has 1 aromatic carbocycles. The quantitative estimate of drug-likeness (QED) is 0.816. The predicted octanol–water partition coefficient (Wildman–Crippen LogP) is 1.39. The molecular weight excluding hydrogens is 246 g/mol. The number of anilines is 1. The van der Waals surface area contributed by atoms with Crippen LogP contribution in [0.1, 0.15) is 29.3 Å². The van der Waals surface area contributed by atoms with Crippen molar-refractivity contribution in [3.05, 3.63) is 35.4 Å². The van der Waals surface area contributed by atoms with Crippen LogP contribution in [0.2, 0.25) is 0 Å². The molecule has 7 heteroatoms. The van der Waals surface area contributed by atoms with Crippen molar-refractivity contribution >= 4 is 11.9 Å². The summed E-state index contributed by atoms with van der Waals surface area (Å²) in [4.78, 5) is 11.1. The Morgan fingerprint density at radius 1 is 1.42 bits per heavy atom. The lowest BCUT2D eigenvalue weighted by atomic mass is 10.1. The van der Waals surface area contributed by atoms with Crippen LogP contribution >= 0.6 is 0 Å². The van der Waals surface area contributed by atoms with Crippen LogP contribution in [0.4, 0.5) is 5.95 Å². The zero-order valence-electron chi connectivity index (χ0n) is 10.6. The second kappa shape index (κ2) is 5.94. The van der Waals surface area contributed by atoms with E-state index in [-0.39, 0.29) is 5.56 Å². The Labute approximate surface area is 110 Å². The first-order chi connectivity index (χ1) is 9.22. The van der Waals surface area contributed by atoms with Gasteiger partial charge in [-0.3, -0.25) is 0 Å². The van der Waals surface area contributed by atoms with E-state index in [9.17, 15) is 4.79 Å². The number of carbonyl (C=O) groups is 1. The minimum Gasteiger partial charge on any atom is -0.478 e. The van der Waals surface area contributed by atoms with Crippen LogP contribution in [0.3, 0.4) is 0 Å². The highest BCUT2D eigenvalue weighted by atomic mass is 16.4. The number of aromatic nitrogens is 4. The van der Waals surface area contributed by atoms with E-state index in [2.05, 4.69) is 20.8 Å². The van der Waals surface area contributed by atoms with Crippen molar-refractivity contribution in [2.24, 2.45) is 0 Å². The number of tetrazole rings is 1. The SMILES string of the molecule is CCCn1nnnc1NCc1ccccc1C(=O)O. The van der Waals surface area contributed by atoms with Crippen LogP contribution in [-0.2, 0) is 13.1 Å². The molecule has 0 aliphatic rings. The number of aryl methyl sites for hydroxylation is 1. The van der Waals surface area contributed by atoms with E-state index < -0.39 is 5.97 Å². The third kappa shape index (κ3) is 3.06. The van der Waals surface area contributed by atoms with Crippen molar-refractivity contribution in [3.63, 3.8) is 0 Å². The van der Waals surface area contributed by atoms with Crippen molar-refractivity contribution in [3.8, 4) is 0 Å². The van der Waals surface area contributed by atoms with E-state index in [1.54, 1.807) is 28.9 Å². The maximum absolute atomic E-state index is 11.1. The molecule has 2 N–H and O–H groups in total. The minimum atomic E-state index is -0.939. The third-order valence-corrected chi connectivity index (χ3v) is 2.65. The monoisotopic (exact) mass is 261 g/mol. The molecule has 0 atom stereocenters. The molecule has 0 radical (unpaired) electrons. The number of benzene rings is 1. The number of nitrogens with zero attached hydrogens (tertiary/aromatic N) is 4. The fourth-order valence-electron chi connectivity index (χ4n) is 1.75. The molecule has 0 saturated heterocycles. The van der Waals surface area contributed by atoms with Gasteiger partial charge in [0.15, 0.2) is 0 Å². The number of hydrogen-bond acceptors (Lipinski definition) is 5. The zero-order chi connectivity index (χ0) is 13.7. The first-order valence-corrected chi connectivity index (χ1v) is 6.03. The minimum absolute atomic E-state index is 0.282. The Morgan fingerprint density at radius 3 is 2.95 bits per heavy atom. The lowest BCUT2D eigenvalue weighted by molar-refractivity contribution is 0.0696. The molecule has 7 nitrogen and oxygen atoms in total. The average Bonchev–Trinajstić information content (AvgIpc) is 2.84. The van der Waals surface area contributed by atoms with Gasteiger partial charge < -0.3 is 10.4 Å². The smallest absolute Gasteiger partial charge is 0.336 e. The fourth-order valence-corrected chi connectivity index (χ4v) is 1.75. The molecule has 0 bridgehead atoms. The summed E-state index contributed by atoms with van der Waals surface area (Å²) in [5.74, 6) is -0.396. The lowest BCUT2D eigenvalue weighted by Crippen LogP contribution is -2.11. The molecule has 0 fully saturated rings. The van der Waals surface area contributed by atoms with Crippen molar-refractivity contribution in [1.82, 2.24) is 20.2 Å². The van der Waals surface area contributed by atoms with Gasteiger partial charge in [0.05, 0.1) is 5.56 Å². The number of nitrogens with one attached hydrogen (secondary N) is 1. The topological polar surface area (TPSA) is 92.9 Å². The van der Waals surface area contributed by atoms with E-state index >= 15 is 0 Å². The Morgan fingerprint density at radius 2 is 2.21 bits per heavy atom. The Balaban J connectivity index is 2.10. The van der Waals surface area contributed by atoms with Gasteiger partial charge in [-0.25, -0.2) is 9.48 Å². The summed E-state index contributed by atoms with van der Waals surface area (Å²) in [5, 5.41) is 23.5. The van der Waals surface area contributed by atoms with Gasteiger partial charge in [-0.15, -0.1) is 0 Å². The summed E-state index contributed by atoms with van der Waals surface area (Å²) < 4.78 is 1.66. The summed E-state index contributed by atoms with van der Waals surface area (Å²) in [7, 11) is 0. The van der Waals surface area contributed by atoms with Gasteiger partial charge in [0.1, 0.15) is 0 Å². The first-order valence-electron chi connectivity index (χ1n) is 6.03. The van der Waals surface area contributed by atoms with Gasteiger partial charge in [0, 0.05) is 13.1 Å². The van der Waals surface area contributed by atoms with Gasteiger partial charge >= 0.3 is 5.97 Å². The summed E-state index contributed by atoms with van der Waals surface area (Å²) in [6.07, 6.45) is 0.922. The molecular formula is C12H15N5O2. The molecule has 100 valence electrons. The van der Waals surface area contributed by atoms with Crippen LogP contribution < -0.4 is 5.32 Å². The molecule has 1 heterocycles. The maximum Gasteiger partial charge on any atom is 0.336 e. The number of hydrogen-bond donors (Lipinski definition) is 2. The molecule has 1 aromatic heterocycles. The number of carboxylic acids is 1. The van der Waals surface area contributed by atoms with Gasteiger partial charge in [0.2, 0.25) is 5.95 Å². The Bertz CT molecular complexity index is 567. The highest BCUT2D eigenvalue weighted by Crippen LogP contribution is 2.11. The maximum atomic E-state index is 11.1. The van der Waals surface area contributed by atoms with Crippen molar-refractivity contribution in [2.75, 3.05) is 5.32 Å². The summed E-state index contributed by atoms with van der Waals surface area (Å²) in [6.45, 7) is 3.12. The van der Waals surface area contributed by atoms with Crippen LogP contribution in [0.15, 0.2) is 24.3 Å². The highest BCUT2D eigenvalue weighted by Gasteiger charge is 2.10. The molecule has 19 heavy (non-hydrogen) atoms. The standard InChI is InChI=1S/C12H15N5O2/c1-2-7-17-12(14-15-16-17)13-8-9-5-3-4-6-10(9)11(18)19/h3-6H,2,7-8H2,1H3,(H,18,19)(H,13,14,16). The normalized spacial score (nSPS) is 10.4. The van der Waals surface area contributed by atoms with E-state index in [1.807, 2.05) is 6.92 Å². The molecule has 0 saturated carbocycles. The number of rotatable bonds is 6. The first kappa shape index (κ1) is 13.0. The number of aromatic carboxylic acids is 1. The molecule has 0 aliphatic heterocycles. The highest BCUT2D eigenvalue weighted by molar-refractivity contribution is 5.89. The van der Waals surface area contributed by atoms with Gasteiger partial charge in [0.25, 0.3) is 0 Å². The molecule has 0 aliphatic carbocycles. The van der Waals surface area contributed by atoms with Crippen LogP contribution in [0.25, 0.3) is 0 Å². The Kier molecular flexibility index (Phi) is 4.07. The molecule has 0 amide bonds. The summed E-state index contributed by atoms with van der Waals surface area (Å²) >= 11 is 0. The van der Waals surface area contributed by atoms with Crippen LogP contribution in [0.5, 0.6) is 0 Å². The van der Waals surface area contributed by atoms with E-state index in [0.717, 1.165) is 13.0 Å². The number of carboxylic acid groups (broad SMARTS) is 1. The van der Waals surface area contributed by atoms with Crippen molar-refractivity contribution < 1.29 is 9.90 Å². The largest absolute Gasteiger partial charge is 0.478 e. The molecule has 2 rings (SSSR count). The fraction of sp³-hybridized carbons (Fsp3) is 0.333. The van der Waals surface area contributed by atoms with E-state index in [0.29, 0.717) is 18.1 Å². The lowest BCUT2D eigenvalue weighted by Gasteiger charge is -2.08. The zero-order valence-corrected chi connectivity index (χ0v) is 10.6. The van der Waals surface area contributed by atoms with Gasteiger partial charge in [-0.1, -0.05) is 30.2 Å². The van der Waals surface area contributed by atoms with Gasteiger partial charge in [-0.05, 0) is 28.5 Å². The van der Waals surface area contributed by atoms with E-state index in [1.165, 1.54) is 0 Å². The summed E-state index contributed by atoms with van der Waals surface area (Å²) in [5.41, 5.74) is 0.977. The summed E-state index contributed by atoms with van der Waals surface area (Å²) in [6, 6.07) is 6.85. The van der Waals surface area contributed by atoms with Gasteiger partial charge in [-0.2, -0.15) is 0 Å². The molecule has 0 unspecified atom stereocenters. The predicted molar refractivity (Wildman–Crippen MR) is 68.8 cm³/mol. The Hall–Kier alpha value is -2.44.